The van der Waals surface area contributed by atoms with Gasteiger partial charge in [-0.25, -0.2) is 0 Å². The first-order valence-corrected chi connectivity index (χ1v) is 10.0. The summed E-state index contributed by atoms with van der Waals surface area (Å²) >= 11 is 0. The van der Waals surface area contributed by atoms with Crippen LogP contribution >= 0.6 is 0 Å². The lowest BCUT2D eigenvalue weighted by Crippen LogP contribution is -2.14. The van der Waals surface area contributed by atoms with E-state index in [-0.39, 0.29) is 28.6 Å². The monoisotopic (exact) mass is 413 g/mol. The largest absolute Gasteiger partial charge is 0.497 e. The average Bonchev–Trinajstić information content (AvgIpc) is 3.11. The normalized spacial score (nSPS) is 10.8. The molecule has 0 aliphatic rings. The van der Waals surface area contributed by atoms with E-state index in [0.29, 0.717) is 22.5 Å². The Kier molecular flexibility index (Phi) is 5.45. The Morgan fingerprint density at radius 3 is 2.35 bits per heavy atom. The van der Waals surface area contributed by atoms with Gasteiger partial charge in [0, 0.05) is 17.4 Å². The lowest BCUT2D eigenvalue weighted by Gasteiger charge is -2.07. The first kappa shape index (κ1) is 20.2. The minimum atomic E-state index is -0.383. The van der Waals surface area contributed by atoms with Crippen molar-refractivity contribution in [3.05, 3.63) is 95.3 Å². The molecular weight excluding hydrogens is 390 g/mol. The maximum Gasteiger partial charge on any atom is 0.259 e. The number of hydrogen-bond donors (Lipinski definition) is 2. The summed E-state index contributed by atoms with van der Waals surface area (Å²) in [5, 5.41) is 2.85. The Hall–Kier alpha value is -4.06. The Balaban J connectivity index is 1.75. The van der Waals surface area contributed by atoms with Gasteiger partial charge in [0.15, 0.2) is 0 Å². The molecule has 0 aliphatic carbocycles. The Labute approximate surface area is 180 Å². The summed E-state index contributed by atoms with van der Waals surface area (Å²) in [5.41, 5.74) is 9.92. The first-order chi connectivity index (χ1) is 15.0. The van der Waals surface area contributed by atoms with Crippen LogP contribution in [-0.2, 0) is 6.42 Å². The number of pyridine rings is 1. The molecule has 0 aliphatic heterocycles. The number of carbonyl (C=O) groups excluding carboxylic acids is 2. The van der Waals surface area contributed by atoms with Gasteiger partial charge in [-0.3, -0.25) is 9.59 Å². The van der Waals surface area contributed by atoms with E-state index >= 15 is 0 Å². The van der Waals surface area contributed by atoms with E-state index in [1.165, 1.54) is 0 Å². The molecule has 6 heteroatoms. The molecule has 0 fully saturated rings. The highest BCUT2D eigenvalue weighted by Crippen LogP contribution is 2.29. The average molecular weight is 413 g/mol. The van der Waals surface area contributed by atoms with Gasteiger partial charge in [-0.15, -0.1) is 0 Å². The molecule has 31 heavy (non-hydrogen) atoms. The van der Waals surface area contributed by atoms with Crippen LogP contribution in [0.2, 0.25) is 0 Å². The van der Waals surface area contributed by atoms with Gasteiger partial charge in [0.05, 0.1) is 23.9 Å². The molecule has 0 atom stereocenters. The van der Waals surface area contributed by atoms with Gasteiger partial charge < -0.3 is 20.2 Å². The zero-order valence-corrected chi connectivity index (χ0v) is 17.4. The number of fused-ring (bicyclic) bond motifs is 1. The topological polar surface area (TPSA) is 85.8 Å². The fraction of sp³-hybridized carbons (Fsp3) is 0.120. The molecule has 0 spiro atoms. The smallest absolute Gasteiger partial charge is 0.259 e. The molecule has 0 radical (unpaired) electrons. The maximum absolute atomic E-state index is 13.3. The standard InChI is InChI=1S/C25H23N3O3/c1-3-16-7-9-17(10-8-16)24(29)23-22(26)21(20-6-4-5-15-28(20)23)25(30)27-18-11-13-19(31-2)14-12-18/h4-15H,3,26H2,1-2H3,(H,27,30). The van der Waals surface area contributed by atoms with Crippen molar-refractivity contribution in [2.24, 2.45) is 0 Å². The molecule has 156 valence electrons. The van der Waals surface area contributed by atoms with Crippen LogP contribution in [0.5, 0.6) is 5.75 Å². The fourth-order valence-electron chi connectivity index (χ4n) is 3.59. The van der Waals surface area contributed by atoms with Crippen molar-refractivity contribution in [3.63, 3.8) is 0 Å². The third-order valence-corrected chi connectivity index (χ3v) is 5.30. The number of benzene rings is 2. The highest BCUT2D eigenvalue weighted by molar-refractivity contribution is 6.20. The highest BCUT2D eigenvalue weighted by Gasteiger charge is 2.26. The molecule has 2 heterocycles. The number of rotatable bonds is 6. The number of hydrogen-bond acceptors (Lipinski definition) is 4. The van der Waals surface area contributed by atoms with Crippen LogP contribution in [0.25, 0.3) is 5.52 Å². The molecular formula is C25H23N3O3. The third-order valence-electron chi connectivity index (χ3n) is 5.30. The minimum absolute atomic E-state index is 0.154. The lowest BCUT2D eigenvalue weighted by atomic mass is 10.0. The van der Waals surface area contributed by atoms with Crippen molar-refractivity contribution in [1.29, 1.82) is 0 Å². The van der Waals surface area contributed by atoms with E-state index in [0.717, 1.165) is 12.0 Å². The molecule has 4 aromatic rings. The van der Waals surface area contributed by atoms with Gasteiger partial charge in [0.2, 0.25) is 5.78 Å². The number of nitrogens with one attached hydrogen (secondary N) is 1. The second-order valence-electron chi connectivity index (χ2n) is 7.16. The second kappa shape index (κ2) is 8.36. The van der Waals surface area contributed by atoms with Crippen LogP contribution in [0.1, 0.15) is 38.9 Å². The maximum atomic E-state index is 13.3. The summed E-state index contributed by atoms with van der Waals surface area (Å²) in [5.74, 6) is 0.0744. The van der Waals surface area contributed by atoms with Gasteiger partial charge in [-0.2, -0.15) is 0 Å². The minimum Gasteiger partial charge on any atom is -0.497 e. The first-order valence-electron chi connectivity index (χ1n) is 10.0. The molecule has 0 saturated carbocycles. The number of nitrogens with zero attached hydrogens (tertiary/aromatic N) is 1. The van der Waals surface area contributed by atoms with E-state index in [2.05, 4.69) is 12.2 Å². The number of ketones is 1. The van der Waals surface area contributed by atoms with Crippen LogP contribution < -0.4 is 15.8 Å². The predicted octanol–water partition coefficient (Wildman–Crippen LogP) is 4.58. The van der Waals surface area contributed by atoms with Crippen LogP contribution in [0.15, 0.2) is 72.9 Å². The number of nitrogens with two attached hydrogens (primary N) is 1. The van der Waals surface area contributed by atoms with Gasteiger partial charge in [0.25, 0.3) is 5.91 Å². The van der Waals surface area contributed by atoms with Crippen molar-refractivity contribution in [3.8, 4) is 5.75 Å². The molecule has 0 bridgehead atoms. The molecule has 2 aromatic carbocycles. The van der Waals surface area contributed by atoms with Crippen molar-refractivity contribution in [1.82, 2.24) is 4.40 Å². The number of amides is 1. The van der Waals surface area contributed by atoms with Gasteiger partial charge in [0.1, 0.15) is 11.4 Å². The zero-order chi connectivity index (χ0) is 22.0. The van der Waals surface area contributed by atoms with Crippen LogP contribution in [0.4, 0.5) is 11.4 Å². The van der Waals surface area contributed by atoms with Gasteiger partial charge in [-0.05, 0) is 48.4 Å². The van der Waals surface area contributed by atoms with E-state index in [1.807, 2.05) is 18.2 Å². The molecule has 1 amide bonds. The number of methoxy groups -OCH3 is 1. The molecule has 4 rings (SSSR count). The number of aromatic nitrogens is 1. The second-order valence-corrected chi connectivity index (χ2v) is 7.16. The highest BCUT2D eigenvalue weighted by atomic mass is 16.5. The number of aryl methyl sites for hydroxylation is 1. The van der Waals surface area contributed by atoms with Gasteiger partial charge >= 0.3 is 0 Å². The summed E-state index contributed by atoms with van der Waals surface area (Å²) in [6.07, 6.45) is 2.63. The third kappa shape index (κ3) is 3.75. The quantitative estimate of drug-likeness (QED) is 0.453. The van der Waals surface area contributed by atoms with E-state index in [4.69, 9.17) is 10.5 Å². The van der Waals surface area contributed by atoms with Crippen molar-refractivity contribution >= 4 is 28.6 Å². The molecule has 2 aromatic heterocycles. The Morgan fingerprint density at radius 2 is 1.71 bits per heavy atom. The number of carbonyl (C=O) groups is 2. The zero-order valence-electron chi connectivity index (χ0n) is 17.4. The van der Waals surface area contributed by atoms with Crippen LogP contribution in [0, 0.1) is 0 Å². The van der Waals surface area contributed by atoms with E-state index in [9.17, 15) is 9.59 Å². The lowest BCUT2D eigenvalue weighted by molar-refractivity contribution is 0.102. The Morgan fingerprint density at radius 1 is 1.00 bits per heavy atom. The summed E-state index contributed by atoms with van der Waals surface area (Å²) in [6.45, 7) is 2.06. The molecule has 0 saturated heterocycles. The summed E-state index contributed by atoms with van der Waals surface area (Å²) in [6, 6.07) is 19.8. The number of nitrogen functional groups attached to an aromatic ring is 1. The fourth-order valence-corrected chi connectivity index (χ4v) is 3.59. The van der Waals surface area contributed by atoms with E-state index < -0.39 is 0 Å². The van der Waals surface area contributed by atoms with Crippen LogP contribution in [-0.4, -0.2) is 23.2 Å². The summed E-state index contributed by atoms with van der Waals surface area (Å²) in [7, 11) is 1.58. The molecule has 6 nitrogen and oxygen atoms in total. The predicted molar refractivity (Wildman–Crippen MR) is 122 cm³/mol. The SMILES string of the molecule is CCc1ccc(C(=O)c2c(N)c(C(=O)Nc3ccc(OC)cc3)c3ccccn23)cc1. The number of anilines is 2. The van der Waals surface area contributed by atoms with Gasteiger partial charge in [-0.1, -0.05) is 37.3 Å². The van der Waals surface area contributed by atoms with Crippen molar-refractivity contribution < 1.29 is 14.3 Å². The summed E-state index contributed by atoms with van der Waals surface area (Å²) < 4.78 is 6.82. The molecule has 3 N–H and O–H groups in total. The van der Waals surface area contributed by atoms with E-state index in [1.54, 1.807) is 66.2 Å². The van der Waals surface area contributed by atoms with Crippen molar-refractivity contribution in [2.45, 2.75) is 13.3 Å². The number of ether oxygens (including phenoxy) is 1. The van der Waals surface area contributed by atoms with Crippen molar-refractivity contribution in [2.75, 3.05) is 18.2 Å². The summed E-state index contributed by atoms with van der Waals surface area (Å²) in [4.78, 5) is 26.4. The Bertz CT molecular complexity index is 1260. The van der Waals surface area contributed by atoms with Crippen LogP contribution in [0.3, 0.4) is 0 Å². The molecule has 0 unspecified atom stereocenters.